The third kappa shape index (κ3) is 6.68. The first kappa shape index (κ1) is 24.0. The van der Waals surface area contributed by atoms with E-state index in [9.17, 15) is 14.4 Å². The molecule has 33 heavy (non-hydrogen) atoms. The molecule has 0 aliphatic rings. The SMILES string of the molecule is CC(C)CC(NC(=O)OC(C)(C)C)C(=O)Oc1ccc2c(-c3ccccc3)cc(=O)oc2c1. The first-order chi connectivity index (χ1) is 15.5. The minimum Gasteiger partial charge on any atom is -0.444 e. The molecule has 0 saturated carbocycles. The maximum atomic E-state index is 12.9. The number of esters is 1. The van der Waals surface area contributed by atoms with E-state index in [0.717, 1.165) is 11.1 Å². The number of ether oxygens (including phenoxy) is 2. The number of carbonyl (C=O) groups excluding carboxylic acids is 2. The fraction of sp³-hybridized carbons (Fsp3) is 0.346. The number of amides is 1. The van der Waals surface area contributed by atoms with Crippen LogP contribution in [0.2, 0.25) is 0 Å². The molecule has 3 rings (SSSR count). The summed E-state index contributed by atoms with van der Waals surface area (Å²) in [5, 5.41) is 3.31. The van der Waals surface area contributed by atoms with Gasteiger partial charge >= 0.3 is 17.7 Å². The smallest absolute Gasteiger partial charge is 0.408 e. The van der Waals surface area contributed by atoms with Crippen LogP contribution in [0.1, 0.15) is 41.0 Å². The lowest BCUT2D eigenvalue weighted by molar-refractivity contribution is -0.137. The fourth-order valence-electron chi connectivity index (χ4n) is 3.39. The van der Waals surface area contributed by atoms with Gasteiger partial charge in [-0.15, -0.1) is 0 Å². The molecule has 7 nitrogen and oxygen atoms in total. The molecule has 1 N–H and O–H groups in total. The Balaban J connectivity index is 1.85. The van der Waals surface area contributed by atoms with Gasteiger partial charge in [0.2, 0.25) is 0 Å². The predicted octanol–water partition coefficient (Wildman–Crippen LogP) is 5.30. The number of nitrogens with one attached hydrogen (secondary N) is 1. The Labute approximate surface area is 192 Å². The van der Waals surface area contributed by atoms with E-state index in [0.29, 0.717) is 17.4 Å². The van der Waals surface area contributed by atoms with Crippen LogP contribution in [0.3, 0.4) is 0 Å². The quantitative estimate of drug-likeness (QED) is 0.310. The maximum Gasteiger partial charge on any atom is 0.408 e. The zero-order valence-electron chi connectivity index (χ0n) is 19.5. The molecule has 1 heterocycles. The van der Waals surface area contributed by atoms with E-state index in [-0.39, 0.29) is 11.7 Å². The summed E-state index contributed by atoms with van der Waals surface area (Å²) < 4.78 is 16.2. The van der Waals surface area contributed by atoms with Gasteiger partial charge in [0, 0.05) is 17.5 Å². The van der Waals surface area contributed by atoms with Crippen molar-refractivity contribution >= 4 is 23.0 Å². The van der Waals surface area contributed by atoms with Crippen molar-refractivity contribution in [2.75, 3.05) is 0 Å². The van der Waals surface area contributed by atoms with Crippen LogP contribution in [0, 0.1) is 5.92 Å². The predicted molar refractivity (Wildman–Crippen MR) is 126 cm³/mol. The van der Waals surface area contributed by atoms with Crippen LogP contribution < -0.4 is 15.7 Å². The van der Waals surface area contributed by atoms with Gasteiger partial charge in [-0.3, -0.25) is 0 Å². The molecule has 1 atom stereocenters. The third-order valence-corrected chi connectivity index (χ3v) is 4.70. The highest BCUT2D eigenvalue weighted by atomic mass is 16.6. The van der Waals surface area contributed by atoms with Crippen molar-refractivity contribution in [3.05, 3.63) is 65.0 Å². The molecule has 3 aromatic rings. The highest BCUT2D eigenvalue weighted by molar-refractivity contribution is 5.94. The molecule has 0 aliphatic carbocycles. The molecule has 0 aliphatic heterocycles. The fourth-order valence-corrected chi connectivity index (χ4v) is 3.39. The van der Waals surface area contributed by atoms with E-state index in [1.165, 1.54) is 12.1 Å². The highest BCUT2D eigenvalue weighted by Gasteiger charge is 2.27. The molecule has 1 unspecified atom stereocenters. The van der Waals surface area contributed by atoms with Crippen molar-refractivity contribution in [1.29, 1.82) is 0 Å². The van der Waals surface area contributed by atoms with Gasteiger partial charge in [0.25, 0.3) is 0 Å². The van der Waals surface area contributed by atoms with Crippen molar-refractivity contribution in [1.82, 2.24) is 5.32 Å². The maximum absolute atomic E-state index is 12.9. The standard InChI is InChI=1S/C26H29NO6/c1-16(2)13-21(27-25(30)33-26(3,4)5)24(29)31-18-11-12-19-20(17-9-7-6-8-10-17)15-23(28)32-22(19)14-18/h6-12,14-16,21H,13H2,1-5H3,(H,27,30). The molecule has 2 aromatic carbocycles. The summed E-state index contributed by atoms with van der Waals surface area (Å²) in [6, 6.07) is 14.9. The minimum absolute atomic E-state index is 0.126. The second-order valence-electron chi connectivity index (χ2n) is 9.25. The third-order valence-electron chi connectivity index (χ3n) is 4.70. The molecule has 174 valence electrons. The van der Waals surface area contributed by atoms with Crippen molar-refractivity contribution in [3.63, 3.8) is 0 Å². The molecule has 0 radical (unpaired) electrons. The average Bonchev–Trinajstić information content (AvgIpc) is 2.71. The molecule has 1 amide bonds. The van der Waals surface area contributed by atoms with Crippen LogP contribution >= 0.6 is 0 Å². The first-order valence-electron chi connectivity index (χ1n) is 10.9. The van der Waals surface area contributed by atoms with Gasteiger partial charge in [0.05, 0.1) is 0 Å². The van der Waals surface area contributed by atoms with E-state index in [2.05, 4.69) is 5.32 Å². The number of hydrogen-bond acceptors (Lipinski definition) is 6. The first-order valence-corrected chi connectivity index (χ1v) is 10.9. The molecule has 1 aromatic heterocycles. The second-order valence-corrected chi connectivity index (χ2v) is 9.25. The van der Waals surface area contributed by atoms with Crippen LogP contribution in [0.4, 0.5) is 4.79 Å². The Morgan fingerprint density at radius 2 is 1.73 bits per heavy atom. The Morgan fingerprint density at radius 3 is 2.36 bits per heavy atom. The van der Waals surface area contributed by atoms with Gasteiger partial charge in [0.1, 0.15) is 23.0 Å². The summed E-state index contributed by atoms with van der Waals surface area (Å²) in [4.78, 5) is 37.2. The summed E-state index contributed by atoms with van der Waals surface area (Å²) in [5.74, 6) is -0.295. The van der Waals surface area contributed by atoms with E-state index in [4.69, 9.17) is 13.9 Å². The van der Waals surface area contributed by atoms with Crippen LogP contribution in [0.15, 0.2) is 63.8 Å². The molecule has 0 bridgehead atoms. The Bertz CT molecular complexity index is 1190. The van der Waals surface area contributed by atoms with Crippen molar-refractivity contribution in [2.45, 2.75) is 52.7 Å². The highest BCUT2D eigenvalue weighted by Crippen LogP contribution is 2.29. The van der Waals surface area contributed by atoms with Crippen LogP contribution in [-0.2, 0) is 9.53 Å². The Kier molecular flexibility index (Phi) is 7.21. The summed E-state index contributed by atoms with van der Waals surface area (Å²) >= 11 is 0. The van der Waals surface area contributed by atoms with Crippen LogP contribution in [0.25, 0.3) is 22.1 Å². The number of hydrogen-bond donors (Lipinski definition) is 1. The van der Waals surface area contributed by atoms with Crippen molar-refractivity contribution in [2.24, 2.45) is 5.92 Å². The molecular weight excluding hydrogens is 422 g/mol. The lowest BCUT2D eigenvalue weighted by atomic mass is 10.0. The van der Waals surface area contributed by atoms with Gasteiger partial charge < -0.3 is 19.2 Å². The van der Waals surface area contributed by atoms with E-state index < -0.39 is 29.3 Å². The van der Waals surface area contributed by atoms with Gasteiger partial charge in [-0.1, -0.05) is 44.2 Å². The van der Waals surface area contributed by atoms with Gasteiger partial charge in [-0.05, 0) is 56.4 Å². The molecule has 0 fully saturated rings. The Morgan fingerprint density at radius 1 is 1.03 bits per heavy atom. The molecule has 7 heteroatoms. The van der Waals surface area contributed by atoms with E-state index in [1.807, 2.05) is 44.2 Å². The number of alkyl carbamates (subject to hydrolysis) is 1. The number of carbonyl (C=O) groups is 2. The Hall–Kier alpha value is -3.61. The largest absolute Gasteiger partial charge is 0.444 e. The monoisotopic (exact) mass is 451 g/mol. The lowest BCUT2D eigenvalue weighted by Crippen LogP contribution is -2.45. The molecular formula is C26H29NO6. The topological polar surface area (TPSA) is 94.8 Å². The number of fused-ring (bicyclic) bond motifs is 1. The van der Waals surface area contributed by atoms with Gasteiger partial charge in [0.15, 0.2) is 0 Å². The van der Waals surface area contributed by atoms with E-state index >= 15 is 0 Å². The average molecular weight is 452 g/mol. The summed E-state index contributed by atoms with van der Waals surface area (Å²) in [7, 11) is 0. The zero-order valence-corrected chi connectivity index (χ0v) is 19.5. The zero-order chi connectivity index (χ0) is 24.2. The van der Waals surface area contributed by atoms with Crippen molar-refractivity contribution < 1.29 is 23.5 Å². The number of rotatable bonds is 6. The van der Waals surface area contributed by atoms with Gasteiger partial charge in [-0.2, -0.15) is 0 Å². The van der Waals surface area contributed by atoms with Crippen LogP contribution in [0.5, 0.6) is 5.75 Å². The summed E-state index contributed by atoms with van der Waals surface area (Å²) in [6.45, 7) is 9.11. The van der Waals surface area contributed by atoms with Gasteiger partial charge in [-0.25, -0.2) is 14.4 Å². The second kappa shape index (κ2) is 9.90. The summed E-state index contributed by atoms with van der Waals surface area (Å²) in [6.07, 6.45) is -0.319. The van der Waals surface area contributed by atoms with Crippen molar-refractivity contribution in [3.8, 4) is 16.9 Å². The normalized spacial score (nSPS) is 12.4. The lowest BCUT2D eigenvalue weighted by Gasteiger charge is -2.23. The summed E-state index contributed by atoms with van der Waals surface area (Å²) in [5.41, 5.74) is 0.701. The molecule has 0 spiro atoms. The number of benzene rings is 2. The molecule has 0 saturated heterocycles. The minimum atomic E-state index is -0.891. The van der Waals surface area contributed by atoms with E-state index in [1.54, 1.807) is 32.9 Å². The van der Waals surface area contributed by atoms with Crippen LogP contribution in [-0.4, -0.2) is 23.7 Å².